The normalized spacial score (nSPS) is 16.2. The van der Waals surface area contributed by atoms with Gasteiger partial charge in [0.2, 0.25) is 0 Å². The Morgan fingerprint density at radius 1 is 1.40 bits per heavy atom. The molecule has 2 heterocycles. The van der Waals surface area contributed by atoms with Crippen molar-refractivity contribution < 1.29 is 9.47 Å². The van der Waals surface area contributed by atoms with Gasteiger partial charge in [0.1, 0.15) is 11.6 Å². The molecule has 0 amide bonds. The van der Waals surface area contributed by atoms with Crippen LogP contribution in [-0.2, 0) is 10.2 Å². The molecule has 1 aliphatic rings. The van der Waals surface area contributed by atoms with Crippen molar-refractivity contribution >= 4 is 0 Å². The molecule has 1 aliphatic heterocycles. The molecule has 1 aromatic heterocycles. The van der Waals surface area contributed by atoms with Crippen LogP contribution in [0.25, 0.3) is 11.3 Å². The summed E-state index contributed by atoms with van der Waals surface area (Å²) in [7, 11) is 0. The highest BCUT2D eigenvalue weighted by molar-refractivity contribution is 5.60. The van der Waals surface area contributed by atoms with E-state index in [4.69, 9.17) is 9.47 Å². The van der Waals surface area contributed by atoms with Crippen molar-refractivity contribution in [3.63, 3.8) is 0 Å². The van der Waals surface area contributed by atoms with Crippen LogP contribution < -0.4 is 4.74 Å². The first-order valence-corrected chi connectivity index (χ1v) is 6.55. The van der Waals surface area contributed by atoms with Gasteiger partial charge < -0.3 is 14.5 Å². The third-order valence-electron chi connectivity index (χ3n) is 3.42. The summed E-state index contributed by atoms with van der Waals surface area (Å²) in [5, 5.41) is 9.26. The van der Waals surface area contributed by atoms with E-state index < -0.39 is 5.41 Å². The average Bonchev–Trinajstić information content (AvgIpc) is 2.89. The van der Waals surface area contributed by atoms with E-state index in [1.54, 1.807) is 6.20 Å². The van der Waals surface area contributed by atoms with Gasteiger partial charge in [-0.05, 0) is 36.8 Å². The van der Waals surface area contributed by atoms with E-state index in [-0.39, 0.29) is 0 Å². The fourth-order valence-electron chi connectivity index (χ4n) is 2.17. The summed E-state index contributed by atoms with van der Waals surface area (Å²) in [6.07, 6.45) is 1.75. The number of nitrogens with one attached hydrogen (secondary N) is 1. The number of benzene rings is 1. The molecule has 0 unspecified atom stereocenters. The Bertz CT molecular complexity index is 636. The second-order valence-electron chi connectivity index (χ2n) is 4.79. The highest BCUT2D eigenvalue weighted by Crippen LogP contribution is 2.31. The van der Waals surface area contributed by atoms with Crippen LogP contribution in [0.4, 0.5) is 0 Å². The second-order valence-corrected chi connectivity index (χ2v) is 4.79. The number of nitriles is 1. The molecule has 102 valence electrons. The average molecular weight is 269 g/mol. The van der Waals surface area contributed by atoms with E-state index >= 15 is 0 Å². The number of H-pyrrole nitrogens is 1. The number of ether oxygens (including phenoxy) is 2. The van der Waals surface area contributed by atoms with Crippen molar-refractivity contribution in [3.8, 4) is 23.1 Å². The fourth-order valence-corrected chi connectivity index (χ4v) is 2.17. The molecule has 0 atom stereocenters. The number of imidazole rings is 1. The summed E-state index contributed by atoms with van der Waals surface area (Å²) in [4.78, 5) is 7.55. The van der Waals surface area contributed by atoms with Crippen LogP contribution in [0.15, 0.2) is 30.5 Å². The summed E-state index contributed by atoms with van der Waals surface area (Å²) in [5.74, 6) is 1.52. The zero-order chi connectivity index (χ0) is 14.0. The monoisotopic (exact) mass is 269 g/mol. The van der Waals surface area contributed by atoms with E-state index in [1.165, 1.54) is 0 Å². The lowest BCUT2D eigenvalue weighted by Gasteiger charge is -2.32. The standard InChI is InChI=1S/C15H15N3O2/c1-2-20-12-5-3-11(4-6-12)13-7-17-14(18-13)15(8-16)9-19-10-15/h3-7H,2,9-10H2,1H3,(H,17,18). The minimum absolute atomic E-state index is 0.403. The zero-order valence-electron chi connectivity index (χ0n) is 11.2. The fraction of sp³-hybridized carbons (Fsp3) is 0.333. The van der Waals surface area contributed by atoms with Crippen LogP contribution in [0.2, 0.25) is 0 Å². The third-order valence-corrected chi connectivity index (χ3v) is 3.42. The minimum atomic E-state index is -0.608. The Hall–Kier alpha value is -2.32. The maximum Gasteiger partial charge on any atom is 0.161 e. The predicted molar refractivity (Wildman–Crippen MR) is 73.3 cm³/mol. The van der Waals surface area contributed by atoms with E-state index in [0.29, 0.717) is 25.6 Å². The lowest BCUT2D eigenvalue weighted by Crippen LogP contribution is -2.46. The smallest absolute Gasteiger partial charge is 0.161 e. The Morgan fingerprint density at radius 3 is 2.70 bits per heavy atom. The molecular formula is C15H15N3O2. The number of aromatic amines is 1. The summed E-state index contributed by atoms with van der Waals surface area (Å²) >= 11 is 0. The number of hydrogen-bond acceptors (Lipinski definition) is 4. The Kier molecular flexibility index (Phi) is 3.17. The highest BCUT2D eigenvalue weighted by Gasteiger charge is 2.43. The van der Waals surface area contributed by atoms with E-state index in [9.17, 15) is 5.26 Å². The zero-order valence-corrected chi connectivity index (χ0v) is 11.2. The van der Waals surface area contributed by atoms with Crippen LogP contribution >= 0.6 is 0 Å². The maximum absolute atomic E-state index is 9.26. The molecule has 1 aromatic carbocycles. The predicted octanol–water partition coefficient (Wildman–Crippen LogP) is 2.27. The van der Waals surface area contributed by atoms with Gasteiger partial charge in [-0.25, -0.2) is 4.98 Å². The minimum Gasteiger partial charge on any atom is -0.494 e. The van der Waals surface area contributed by atoms with E-state index in [2.05, 4.69) is 16.0 Å². The first-order valence-electron chi connectivity index (χ1n) is 6.55. The van der Waals surface area contributed by atoms with Gasteiger partial charge in [-0.2, -0.15) is 5.26 Å². The molecule has 0 radical (unpaired) electrons. The van der Waals surface area contributed by atoms with Crippen LogP contribution in [0.1, 0.15) is 12.7 Å². The van der Waals surface area contributed by atoms with Crippen molar-refractivity contribution in [3.05, 3.63) is 36.3 Å². The van der Waals surface area contributed by atoms with Crippen LogP contribution in [0.3, 0.4) is 0 Å². The van der Waals surface area contributed by atoms with Crippen LogP contribution in [0, 0.1) is 11.3 Å². The molecule has 1 N–H and O–H groups in total. The van der Waals surface area contributed by atoms with Gasteiger partial charge >= 0.3 is 0 Å². The van der Waals surface area contributed by atoms with Crippen molar-refractivity contribution in [1.29, 1.82) is 5.26 Å². The summed E-state index contributed by atoms with van der Waals surface area (Å²) in [6, 6.07) is 10.1. The molecule has 20 heavy (non-hydrogen) atoms. The lowest BCUT2D eigenvalue weighted by atomic mass is 9.87. The summed E-state index contributed by atoms with van der Waals surface area (Å²) in [5.41, 5.74) is 1.30. The molecule has 3 rings (SSSR count). The molecule has 0 bridgehead atoms. The van der Waals surface area contributed by atoms with Crippen molar-refractivity contribution in [2.24, 2.45) is 0 Å². The molecule has 2 aromatic rings. The largest absolute Gasteiger partial charge is 0.494 e. The molecule has 0 saturated carbocycles. The second kappa shape index (κ2) is 4.99. The highest BCUT2D eigenvalue weighted by atomic mass is 16.5. The molecule has 1 saturated heterocycles. The number of hydrogen-bond donors (Lipinski definition) is 1. The Balaban J connectivity index is 1.85. The quantitative estimate of drug-likeness (QED) is 0.924. The van der Waals surface area contributed by atoms with Gasteiger partial charge in [-0.15, -0.1) is 0 Å². The van der Waals surface area contributed by atoms with Gasteiger partial charge in [0.25, 0.3) is 0 Å². The van der Waals surface area contributed by atoms with Crippen molar-refractivity contribution in [2.45, 2.75) is 12.3 Å². The number of nitrogens with zero attached hydrogens (tertiary/aromatic N) is 2. The molecule has 0 aliphatic carbocycles. The van der Waals surface area contributed by atoms with Crippen LogP contribution in [-0.4, -0.2) is 29.8 Å². The molecule has 5 heteroatoms. The van der Waals surface area contributed by atoms with Crippen molar-refractivity contribution in [1.82, 2.24) is 9.97 Å². The van der Waals surface area contributed by atoms with Crippen molar-refractivity contribution in [2.75, 3.05) is 19.8 Å². The topological polar surface area (TPSA) is 70.9 Å². The number of rotatable bonds is 4. The molecular weight excluding hydrogens is 254 g/mol. The lowest BCUT2D eigenvalue weighted by molar-refractivity contribution is -0.0335. The third kappa shape index (κ3) is 2.04. The number of aromatic nitrogens is 2. The van der Waals surface area contributed by atoms with Gasteiger partial charge in [0.05, 0.1) is 37.8 Å². The molecule has 5 nitrogen and oxygen atoms in total. The SMILES string of the molecule is CCOc1ccc(-c2cnc(C3(C#N)COC3)[nH]2)cc1. The van der Waals surface area contributed by atoms with E-state index in [0.717, 1.165) is 17.0 Å². The van der Waals surface area contributed by atoms with Crippen LogP contribution in [0.5, 0.6) is 5.75 Å². The summed E-state index contributed by atoms with van der Waals surface area (Å²) in [6.45, 7) is 3.41. The van der Waals surface area contributed by atoms with Gasteiger partial charge in [-0.3, -0.25) is 0 Å². The first kappa shape index (κ1) is 12.7. The Morgan fingerprint density at radius 2 is 2.15 bits per heavy atom. The van der Waals surface area contributed by atoms with Gasteiger partial charge in [0, 0.05) is 0 Å². The maximum atomic E-state index is 9.26. The van der Waals surface area contributed by atoms with E-state index in [1.807, 2.05) is 31.2 Å². The Labute approximate surface area is 117 Å². The first-order chi connectivity index (χ1) is 9.77. The van der Waals surface area contributed by atoms with Gasteiger partial charge in [-0.1, -0.05) is 0 Å². The summed E-state index contributed by atoms with van der Waals surface area (Å²) < 4.78 is 10.6. The molecule has 1 fully saturated rings. The van der Waals surface area contributed by atoms with Gasteiger partial charge in [0.15, 0.2) is 5.41 Å². The molecule has 0 spiro atoms.